The lowest BCUT2D eigenvalue weighted by Crippen LogP contribution is -2.30. The van der Waals surface area contributed by atoms with Crippen LogP contribution >= 0.6 is 0 Å². The smallest absolute Gasteiger partial charge is 0.146 e. The van der Waals surface area contributed by atoms with Gasteiger partial charge in [0, 0.05) is 6.54 Å². The van der Waals surface area contributed by atoms with Gasteiger partial charge in [0.2, 0.25) is 0 Å². The SMILES string of the molecule is Cc1cccc(F)c1NCC(O)COC1CCCC(C)C1. The van der Waals surface area contributed by atoms with Gasteiger partial charge in [0.1, 0.15) is 5.82 Å². The highest BCUT2D eigenvalue weighted by molar-refractivity contribution is 5.51. The minimum absolute atomic E-state index is 0.263. The van der Waals surface area contributed by atoms with Crippen LogP contribution in [0.15, 0.2) is 18.2 Å². The highest BCUT2D eigenvalue weighted by Crippen LogP contribution is 2.25. The van der Waals surface area contributed by atoms with Crippen molar-refractivity contribution in [1.82, 2.24) is 0 Å². The number of hydrogen-bond donors (Lipinski definition) is 2. The van der Waals surface area contributed by atoms with Gasteiger partial charge in [-0.25, -0.2) is 4.39 Å². The number of aryl methyl sites for hydroxylation is 1. The molecule has 3 nitrogen and oxygen atoms in total. The quantitative estimate of drug-likeness (QED) is 0.844. The standard InChI is InChI=1S/C17H26FNO2/c1-12-5-3-7-15(9-12)21-11-14(20)10-19-17-13(2)6-4-8-16(17)18/h4,6,8,12,14-15,19-20H,3,5,7,9-11H2,1-2H3. The number of nitrogens with one attached hydrogen (secondary N) is 1. The van der Waals surface area contributed by atoms with Crippen molar-refractivity contribution in [3.8, 4) is 0 Å². The van der Waals surface area contributed by atoms with Gasteiger partial charge in [-0.2, -0.15) is 0 Å². The first-order valence-electron chi connectivity index (χ1n) is 7.85. The third kappa shape index (κ3) is 4.97. The van der Waals surface area contributed by atoms with Crippen LogP contribution in [0.5, 0.6) is 0 Å². The molecule has 0 radical (unpaired) electrons. The van der Waals surface area contributed by atoms with E-state index in [1.165, 1.54) is 18.9 Å². The summed E-state index contributed by atoms with van der Waals surface area (Å²) in [6.45, 7) is 4.69. The van der Waals surface area contributed by atoms with Gasteiger partial charge in [-0.1, -0.05) is 31.9 Å². The number of aliphatic hydroxyl groups excluding tert-OH is 1. The molecule has 0 aromatic heterocycles. The Hall–Kier alpha value is -1.13. The molecule has 2 N–H and O–H groups in total. The minimum atomic E-state index is -0.624. The van der Waals surface area contributed by atoms with E-state index in [4.69, 9.17) is 4.74 Å². The first-order valence-corrected chi connectivity index (χ1v) is 7.85. The lowest BCUT2D eigenvalue weighted by molar-refractivity contribution is -0.0275. The van der Waals surface area contributed by atoms with E-state index < -0.39 is 6.10 Å². The molecule has 3 atom stereocenters. The van der Waals surface area contributed by atoms with Crippen molar-refractivity contribution < 1.29 is 14.2 Å². The maximum Gasteiger partial charge on any atom is 0.146 e. The molecule has 0 saturated heterocycles. The molecular weight excluding hydrogens is 269 g/mol. The number of para-hydroxylation sites is 1. The van der Waals surface area contributed by atoms with Gasteiger partial charge in [0.25, 0.3) is 0 Å². The predicted molar refractivity (Wildman–Crippen MR) is 83.0 cm³/mol. The van der Waals surface area contributed by atoms with Crippen molar-refractivity contribution in [2.45, 2.75) is 51.7 Å². The Morgan fingerprint density at radius 3 is 2.95 bits per heavy atom. The molecule has 4 heteroatoms. The minimum Gasteiger partial charge on any atom is -0.389 e. The number of anilines is 1. The summed E-state index contributed by atoms with van der Waals surface area (Å²) in [7, 11) is 0. The summed E-state index contributed by atoms with van der Waals surface area (Å²) in [5, 5.41) is 13.0. The van der Waals surface area contributed by atoms with Crippen LogP contribution in [0.4, 0.5) is 10.1 Å². The Kier molecular flexibility index (Phi) is 6.00. The first kappa shape index (κ1) is 16.2. The first-order chi connectivity index (χ1) is 10.1. The van der Waals surface area contributed by atoms with Crippen LogP contribution in [0.1, 0.15) is 38.2 Å². The molecule has 118 valence electrons. The fraction of sp³-hybridized carbons (Fsp3) is 0.647. The van der Waals surface area contributed by atoms with Crippen LogP contribution in [-0.4, -0.2) is 30.5 Å². The van der Waals surface area contributed by atoms with Crippen molar-refractivity contribution in [3.63, 3.8) is 0 Å². The molecule has 0 spiro atoms. The average Bonchev–Trinajstić information content (AvgIpc) is 2.45. The van der Waals surface area contributed by atoms with E-state index in [-0.39, 0.29) is 11.9 Å². The summed E-state index contributed by atoms with van der Waals surface area (Å²) < 4.78 is 19.4. The van der Waals surface area contributed by atoms with Crippen LogP contribution < -0.4 is 5.32 Å². The topological polar surface area (TPSA) is 41.5 Å². The average molecular weight is 295 g/mol. The maximum absolute atomic E-state index is 13.6. The molecule has 0 amide bonds. The van der Waals surface area contributed by atoms with Crippen LogP contribution in [0.3, 0.4) is 0 Å². The van der Waals surface area contributed by atoms with Gasteiger partial charge in [-0.15, -0.1) is 0 Å². The Morgan fingerprint density at radius 1 is 1.43 bits per heavy atom. The number of benzene rings is 1. The van der Waals surface area contributed by atoms with Crippen molar-refractivity contribution >= 4 is 5.69 Å². The highest BCUT2D eigenvalue weighted by Gasteiger charge is 2.20. The summed E-state index contributed by atoms with van der Waals surface area (Å²) in [4.78, 5) is 0. The normalized spacial score (nSPS) is 23.8. The van der Waals surface area contributed by atoms with E-state index in [1.54, 1.807) is 6.07 Å². The Morgan fingerprint density at radius 2 is 2.24 bits per heavy atom. The molecule has 1 fully saturated rings. The number of aliphatic hydroxyl groups is 1. The van der Waals surface area contributed by atoms with Crippen LogP contribution in [-0.2, 0) is 4.74 Å². The molecule has 2 rings (SSSR count). The monoisotopic (exact) mass is 295 g/mol. The van der Waals surface area contributed by atoms with Gasteiger partial charge in [-0.05, 0) is 37.3 Å². The summed E-state index contributed by atoms with van der Waals surface area (Å²) in [6.07, 6.45) is 4.27. The van der Waals surface area contributed by atoms with Gasteiger partial charge < -0.3 is 15.2 Å². The van der Waals surface area contributed by atoms with E-state index in [9.17, 15) is 9.50 Å². The third-order valence-electron chi connectivity index (χ3n) is 4.15. The van der Waals surface area contributed by atoms with Crippen LogP contribution in [0, 0.1) is 18.7 Å². The lowest BCUT2D eigenvalue weighted by atomic mass is 9.89. The summed E-state index contributed by atoms with van der Waals surface area (Å²) in [6, 6.07) is 4.94. The van der Waals surface area contributed by atoms with E-state index >= 15 is 0 Å². The van der Waals surface area contributed by atoms with Crippen molar-refractivity contribution in [2.24, 2.45) is 5.92 Å². The summed E-state index contributed by atoms with van der Waals surface area (Å²) in [5.41, 5.74) is 1.30. The van der Waals surface area contributed by atoms with E-state index in [0.29, 0.717) is 24.8 Å². The fourth-order valence-corrected chi connectivity index (χ4v) is 2.91. The second kappa shape index (κ2) is 7.76. The number of hydrogen-bond acceptors (Lipinski definition) is 3. The van der Waals surface area contributed by atoms with Crippen LogP contribution in [0.25, 0.3) is 0 Å². The van der Waals surface area contributed by atoms with Gasteiger partial charge in [0.05, 0.1) is 24.5 Å². The molecule has 21 heavy (non-hydrogen) atoms. The molecule has 1 aromatic carbocycles. The summed E-state index contributed by atoms with van der Waals surface area (Å²) in [5.74, 6) is 0.421. The maximum atomic E-state index is 13.6. The van der Waals surface area contributed by atoms with Crippen molar-refractivity contribution in [2.75, 3.05) is 18.5 Å². The zero-order valence-corrected chi connectivity index (χ0v) is 12.9. The molecule has 3 unspecified atom stereocenters. The molecule has 1 aliphatic rings. The second-order valence-corrected chi connectivity index (χ2v) is 6.19. The van der Waals surface area contributed by atoms with Gasteiger partial charge >= 0.3 is 0 Å². The zero-order valence-electron chi connectivity index (χ0n) is 12.9. The molecule has 1 saturated carbocycles. The van der Waals surface area contributed by atoms with Crippen molar-refractivity contribution in [3.05, 3.63) is 29.6 Å². The highest BCUT2D eigenvalue weighted by atomic mass is 19.1. The molecule has 0 aliphatic heterocycles. The fourth-order valence-electron chi connectivity index (χ4n) is 2.91. The van der Waals surface area contributed by atoms with Crippen molar-refractivity contribution in [1.29, 1.82) is 0 Å². The Bertz CT molecular complexity index is 432. The molecule has 0 heterocycles. The molecule has 1 aliphatic carbocycles. The number of halogens is 1. The van der Waals surface area contributed by atoms with Gasteiger partial charge in [-0.3, -0.25) is 0 Å². The second-order valence-electron chi connectivity index (χ2n) is 6.19. The zero-order chi connectivity index (χ0) is 15.2. The van der Waals surface area contributed by atoms with Crippen LogP contribution in [0.2, 0.25) is 0 Å². The lowest BCUT2D eigenvalue weighted by Gasteiger charge is -2.27. The summed E-state index contributed by atoms with van der Waals surface area (Å²) >= 11 is 0. The Labute approximate surface area is 126 Å². The molecule has 1 aromatic rings. The largest absolute Gasteiger partial charge is 0.389 e. The Balaban J connectivity index is 1.73. The predicted octanol–water partition coefficient (Wildman–Crippen LogP) is 3.50. The third-order valence-corrected chi connectivity index (χ3v) is 4.15. The molecular formula is C17H26FNO2. The van der Waals surface area contributed by atoms with E-state index in [2.05, 4.69) is 12.2 Å². The number of rotatable bonds is 6. The molecule has 0 bridgehead atoms. The van der Waals surface area contributed by atoms with E-state index in [1.807, 2.05) is 13.0 Å². The van der Waals surface area contributed by atoms with E-state index in [0.717, 1.165) is 18.4 Å². The number of ether oxygens (including phenoxy) is 1. The van der Waals surface area contributed by atoms with Gasteiger partial charge in [0.15, 0.2) is 0 Å².